The molecule has 19 heavy (non-hydrogen) atoms. The summed E-state index contributed by atoms with van der Waals surface area (Å²) in [6.07, 6.45) is 1.60. The van der Waals surface area contributed by atoms with E-state index in [9.17, 15) is 9.90 Å². The Kier molecular flexibility index (Phi) is 3.90. The number of aryl methyl sites for hydroxylation is 2. The lowest BCUT2D eigenvalue weighted by Crippen LogP contribution is -2.09. The van der Waals surface area contributed by atoms with Crippen molar-refractivity contribution in [3.05, 3.63) is 46.2 Å². The minimum atomic E-state index is -1.01. The fourth-order valence-corrected chi connectivity index (χ4v) is 2.14. The van der Waals surface area contributed by atoms with E-state index in [1.807, 2.05) is 19.9 Å². The maximum atomic E-state index is 11.3. The second-order valence-electron chi connectivity index (χ2n) is 4.21. The van der Waals surface area contributed by atoms with Crippen LogP contribution in [-0.2, 0) is 12.8 Å². The summed E-state index contributed by atoms with van der Waals surface area (Å²) >= 11 is 5.86. The van der Waals surface area contributed by atoms with Gasteiger partial charge in [-0.2, -0.15) is 5.10 Å². The van der Waals surface area contributed by atoms with Crippen molar-refractivity contribution in [2.24, 2.45) is 0 Å². The van der Waals surface area contributed by atoms with Gasteiger partial charge in [0.1, 0.15) is 0 Å². The number of halogens is 1. The normalized spacial score (nSPS) is 10.7. The van der Waals surface area contributed by atoms with Crippen molar-refractivity contribution in [1.29, 1.82) is 0 Å². The number of hydrogen-bond donors (Lipinski definition) is 1. The molecule has 0 radical (unpaired) electrons. The van der Waals surface area contributed by atoms with Gasteiger partial charge in [-0.05, 0) is 37.1 Å². The Morgan fingerprint density at radius 3 is 2.63 bits per heavy atom. The molecular weight excluding hydrogens is 264 g/mol. The lowest BCUT2D eigenvalue weighted by Gasteiger charge is -2.09. The average Bonchev–Trinajstić information content (AvgIpc) is 2.81. The largest absolute Gasteiger partial charge is 0.478 e. The quantitative estimate of drug-likeness (QED) is 0.933. The third kappa shape index (κ3) is 2.63. The second kappa shape index (κ2) is 5.45. The predicted molar refractivity (Wildman–Crippen MR) is 74.3 cm³/mol. The van der Waals surface area contributed by atoms with Gasteiger partial charge in [-0.25, -0.2) is 9.48 Å². The second-order valence-corrected chi connectivity index (χ2v) is 4.65. The summed E-state index contributed by atoms with van der Waals surface area (Å²) in [5.74, 6) is -1.01. The van der Waals surface area contributed by atoms with Crippen LogP contribution >= 0.6 is 11.6 Å². The third-order valence-electron chi connectivity index (χ3n) is 2.98. The van der Waals surface area contributed by atoms with E-state index in [0.29, 0.717) is 10.7 Å². The molecule has 0 saturated heterocycles. The standard InChI is InChI=1S/C14H15ClN2O2/c1-3-10-8-11(4-2)17(16-10)13-6-5-9(15)7-12(13)14(18)19/h5-8H,3-4H2,1-2H3,(H,18,19). The summed E-state index contributed by atoms with van der Waals surface area (Å²) in [5.41, 5.74) is 2.64. The van der Waals surface area contributed by atoms with E-state index >= 15 is 0 Å². The molecule has 4 nitrogen and oxygen atoms in total. The summed E-state index contributed by atoms with van der Waals surface area (Å²) < 4.78 is 1.69. The molecule has 1 N–H and O–H groups in total. The first-order chi connectivity index (χ1) is 9.06. The molecule has 1 aromatic heterocycles. The molecule has 5 heteroatoms. The number of carbonyl (C=O) groups is 1. The molecule has 0 aliphatic carbocycles. The molecule has 1 aromatic carbocycles. The molecule has 2 aromatic rings. The lowest BCUT2D eigenvalue weighted by molar-refractivity contribution is 0.0696. The average molecular weight is 279 g/mol. The van der Waals surface area contributed by atoms with Gasteiger partial charge in [0.15, 0.2) is 0 Å². The Morgan fingerprint density at radius 2 is 2.05 bits per heavy atom. The number of nitrogens with zero attached hydrogens (tertiary/aromatic N) is 2. The van der Waals surface area contributed by atoms with Gasteiger partial charge in [-0.3, -0.25) is 0 Å². The molecule has 0 aliphatic heterocycles. The summed E-state index contributed by atoms with van der Waals surface area (Å²) in [4.78, 5) is 11.3. The molecule has 0 atom stereocenters. The van der Waals surface area contributed by atoms with Gasteiger partial charge in [-0.1, -0.05) is 25.4 Å². The monoisotopic (exact) mass is 278 g/mol. The van der Waals surface area contributed by atoms with Crippen LogP contribution in [0.15, 0.2) is 24.3 Å². The highest BCUT2D eigenvalue weighted by molar-refractivity contribution is 6.31. The van der Waals surface area contributed by atoms with E-state index < -0.39 is 5.97 Å². The van der Waals surface area contributed by atoms with Crippen molar-refractivity contribution in [2.45, 2.75) is 26.7 Å². The van der Waals surface area contributed by atoms with Crippen molar-refractivity contribution < 1.29 is 9.90 Å². The topological polar surface area (TPSA) is 55.1 Å². The Labute approximate surface area is 116 Å². The van der Waals surface area contributed by atoms with Crippen LogP contribution in [0, 0.1) is 0 Å². The van der Waals surface area contributed by atoms with Crippen LogP contribution in [0.2, 0.25) is 5.02 Å². The highest BCUT2D eigenvalue weighted by Gasteiger charge is 2.16. The van der Waals surface area contributed by atoms with Crippen molar-refractivity contribution in [3.63, 3.8) is 0 Å². The minimum Gasteiger partial charge on any atom is -0.478 e. The lowest BCUT2D eigenvalue weighted by atomic mass is 10.1. The van der Waals surface area contributed by atoms with E-state index in [-0.39, 0.29) is 5.56 Å². The Balaban J connectivity index is 2.64. The first kappa shape index (κ1) is 13.6. The molecule has 0 unspecified atom stereocenters. The number of aromatic carboxylic acids is 1. The zero-order valence-electron chi connectivity index (χ0n) is 10.9. The summed E-state index contributed by atoms with van der Waals surface area (Å²) in [5, 5.41) is 14.1. The van der Waals surface area contributed by atoms with Crippen molar-refractivity contribution >= 4 is 17.6 Å². The van der Waals surface area contributed by atoms with Crippen molar-refractivity contribution in [2.75, 3.05) is 0 Å². The molecule has 0 aliphatic rings. The molecule has 0 fully saturated rings. The molecular formula is C14H15ClN2O2. The van der Waals surface area contributed by atoms with E-state index in [1.54, 1.807) is 16.8 Å². The Hall–Kier alpha value is -1.81. The first-order valence-electron chi connectivity index (χ1n) is 6.17. The minimum absolute atomic E-state index is 0.160. The fourth-order valence-electron chi connectivity index (χ4n) is 1.97. The first-order valence-corrected chi connectivity index (χ1v) is 6.55. The van der Waals surface area contributed by atoms with E-state index in [4.69, 9.17) is 11.6 Å². The van der Waals surface area contributed by atoms with Gasteiger partial charge in [0.25, 0.3) is 0 Å². The number of hydrogen-bond acceptors (Lipinski definition) is 2. The van der Waals surface area contributed by atoms with Crippen LogP contribution in [0.4, 0.5) is 0 Å². The van der Waals surface area contributed by atoms with Crippen LogP contribution in [0.3, 0.4) is 0 Å². The van der Waals surface area contributed by atoms with Crippen LogP contribution < -0.4 is 0 Å². The van der Waals surface area contributed by atoms with E-state index in [1.165, 1.54) is 6.07 Å². The summed E-state index contributed by atoms with van der Waals surface area (Å²) in [7, 11) is 0. The predicted octanol–water partition coefficient (Wildman–Crippen LogP) is 3.35. The molecule has 0 spiro atoms. The van der Waals surface area contributed by atoms with Crippen LogP contribution in [0.5, 0.6) is 0 Å². The molecule has 100 valence electrons. The fraction of sp³-hybridized carbons (Fsp3) is 0.286. The number of carboxylic acids is 1. The van der Waals surface area contributed by atoms with Gasteiger partial charge in [-0.15, -0.1) is 0 Å². The maximum absolute atomic E-state index is 11.3. The maximum Gasteiger partial charge on any atom is 0.337 e. The molecule has 0 amide bonds. The molecule has 1 heterocycles. The number of benzene rings is 1. The van der Waals surface area contributed by atoms with Gasteiger partial charge in [0.05, 0.1) is 16.9 Å². The van der Waals surface area contributed by atoms with Gasteiger partial charge < -0.3 is 5.11 Å². The van der Waals surface area contributed by atoms with Gasteiger partial charge >= 0.3 is 5.97 Å². The zero-order chi connectivity index (χ0) is 14.0. The van der Waals surface area contributed by atoms with Crippen LogP contribution in [0.25, 0.3) is 5.69 Å². The molecule has 0 saturated carbocycles. The SMILES string of the molecule is CCc1cc(CC)n(-c2ccc(Cl)cc2C(=O)O)n1. The Bertz CT molecular complexity index is 620. The zero-order valence-corrected chi connectivity index (χ0v) is 11.6. The third-order valence-corrected chi connectivity index (χ3v) is 3.21. The highest BCUT2D eigenvalue weighted by atomic mass is 35.5. The molecule has 2 rings (SSSR count). The summed E-state index contributed by atoms with van der Waals surface area (Å²) in [6, 6.07) is 6.82. The number of carboxylic acid groups (broad SMARTS) is 1. The summed E-state index contributed by atoms with van der Waals surface area (Å²) in [6.45, 7) is 4.04. The number of rotatable bonds is 4. The van der Waals surface area contributed by atoms with E-state index in [0.717, 1.165) is 24.2 Å². The smallest absolute Gasteiger partial charge is 0.337 e. The van der Waals surface area contributed by atoms with Crippen LogP contribution in [-0.4, -0.2) is 20.9 Å². The highest BCUT2D eigenvalue weighted by Crippen LogP contribution is 2.22. The van der Waals surface area contributed by atoms with Crippen LogP contribution in [0.1, 0.15) is 35.6 Å². The van der Waals surface area contributed by atoms with E-state index in [2.05, 4.69) is 5.10 Å². The Morgan fingerprint density at radius 1 is 1.32 bits per heavy atom. The van der Waals surface area contributed by atoms with Crippen molar-refractivity contribution in [1.82, 2.24) is 9.78 Å². The van der Waals surface area contributed by atoms with Gasteiger partial charge in [0.2, 0.25) is 0 Å². The van der Waals surface area contributed by atoms with Gasteiger partial charge in [0, 0.05) is 10.7 Å². The van der Waals surface area contributed by atoms with Crippen molar-refractivity contribution in [3.8, 4) is 5.69 Å². The number of aromatic nitrogens is 2. The molecule has 0 bridgehead atoms.